The first-order valence-corrected chi connectivity index (χ1v) is 14.0. The van der Waals surface area contributed by atoms with E-state index in [9.17, 15) is 14.7 Å². The van der Waals surface area contributed by atoms with Crippen molar-refractivity contribution in [2.45, 2.75) is 58.2 Å². The number of carboxylic acid groups (broad SMARTS) is 1. The number of imidazole rings is 1. The molecule has 0 spiro atoms. The minimum atomic E-state index is -1.06. The van der Waals surface area contributed by atoms with Crippen LogP contribution < -0.4 is 0 Å². The molecule has 0 radical (unpaired) electrons. The number of nitrogens with zero attached hydrogens (tertiary/aromatic N) is 3. The molecule has 0 fully saturated rings. The number of carbonyl (C=O) groups is 2. The van der Waals surface area contributed by atoms with Crippen LogP contribution in [0.5, 0.6) is 0 Å². The van der Waals surface area contributed by atoms with E-state index in [2.05, 4.69) is 41.0 Å². The predicted molar refractivity (Wildman–Crippen MR) is 160 cm³/mol. The van der Waals surface area contributed by atoms with Gasteiger partial charge in [0.15, 0.2) is 0 Å². The van der Waals surface area contributed by atoms with E-state index < -0.39 is 29.2 Å². The van der Waals surface area contributed by atoms with Gasteiger partial charge in [-0.25, -0.2) is 14.6 Å². The number of ether oxygens (including phenoxy) is 1. The summed E-state index contributed by atoms with van der Waals surface area (Å²) in [5.74, 6) is -1.37. The lowest BCUT2D eigenvalue weighted by molar-refractivity contribution is -0.144. The maximum atomic E-state index is 13.2. The molecule has 0 saturated heterocycles. The first-order valence-electron chi connectivity index (χ1n) is 14.0. The van der Waals surface area contributed by atoms with Gasteiger partial charge in [-0.05, 0) is 43.4 Å². The van der Waals surface area contributed by atoms with E-state index >= 15 is 0 Å². The van der Waals surface area contributed by atoms with Crippen LogP contribution in [0, 0.1) is 5.92 Å². The van der Waals surface area contributed by atoms with Crippen LogP contribution >= 0.6 is 0 Å². The van der Waals surface area contributed by atoms with Crippen molar-refractivity contribution < 1.29 is 19.4 Å². The molecule has 3 aromatic carbocycles. The largest absolute Gasteiger partial charge is 0.480 e. The number of aliphatic carboxylic acids is 1. The Kier molecular flexibility index (Phi) is 8.96. The lowest BCUT2D eigenvalue weighted by Gasteiger charge is -2.37. The first-order chi connectivity index (χ1) is 19.5. The summed E-state index contributed by atoms with van der Waals surface area (Å²) in [5.41, 5.74) is 2.49. The Labute approximate surface area is 242 Å². The van der Waals surface area contributed by atoms with Gasteiger partial charge in [-0.3, -0.25) is 4.90 Å². The second-order valence-electron chi connectivity index (χ2n) is 11.5. The van der Waals surface area contributed by atoms with Gasteiger partial charge in [-0.15, -0.1) is 0 Å². The Balaban J connectivity index is 1.77. The van der Waals surface area contributed by atoms with Crippen molar-refractivity contribution in [3.05, 3.63) is 126 Å². The number of amides is 1. The van der Waals surface area contributed by atoms with Crippen molar-refractivity contribution in [2.75, 3.05) is 6.54 Å². The first kappa shape index (κ1) is 29.6. The van der Waals surface area contributed by atoms with Gasteiger partial charge in [0.25, 0.3) is 0 Å². The second-order valence-corrected chi connectivity index (χ2v) is 11.5. The summed E-state index contributed by atoms with van der Waals surface area (Å²) in [6.45, 7) is 9.04. The van der Waals surface area contributed by atoms with E-state index in [1.54, 1.807) is 34.6 Å². The van der Waals surface area contributed by atoms with Crippen molar-refractivity contribution in [1.82, 2.24) is 14.5 Å². The lowest BCUT2D eigenvalue weighted by atomic mass is 9.77. The van der Waals surface area contributed by atoms with Gasteiger partial charge >= 0.3 is 12.1 Å². The summed E-state index contributed by atoms with van der Waals surface area (Å²) in [6, 6.07) is 29.9. The Morgan fingerprint density at radius 2 is 1.32 bits per heavy atom. The molecule has 0 bridgehead atoms. The molecule has 1 atom stereocenters. The Bertz CT molecular complexity index is 1330. The van der Waals surface area contributed by atoms with Crippen LogP contribution in [-0.4, -0.2) is 49.8 Å². The highest BCUT2D eigenvalue weighted by atomic mass is 16.6. The van der Waals surface area contributed by atoms with Crippen LogP contribution in [0.4, 0.5) is 4.79 Å². The summed E-state index contributed by atoms with van der Waals surface area (Å²) < 4.78 is 7.71. The van der Waals surface area contributed by atoms with Crippen LogP contribution in [0.1, 0.15) is 57.0 Å². The predicted octanol–water partition coefficient (Wildman–Crippen LogP) is 6.61. The summed E-state index contributed by atoms with van der Waals surface area (Å²) in [6.07, 6.45) is 3.52. The van der Waals surface area contributed by atoms with Crippen molar-refractivity contribution in [2.24, 2.45) is 5.92 Å². The number of carbonyl (C=O) groups excluding carboxylic acids is 1. The van der Waals surface area contributed by atoms with Crippen molar-refractivity contribution in [1.29, 1.82) is 0 Å². The minimum Gasteiger partial charge on any atom is -0.480 e. The van der Waals surface area contributed by atoms with Gasteiger partial charge in [0.1, 0.15) is 17.2 Å². The second kappa shape index (κ2) is 12.4. The molecular formula is C34H39N3O4. The third-order valence-electron chi connectivity index (χ3n) is 7.06. The van der Waals surface area contributed by atoms with Gasteiger partial charge < -0.3 is 14.4 Å². The molecule has 1 amide bonds. The fourth-order valence-electron chi connectivity index (χ4n) is 5.34. The molecule has 1 aromatic heterocycles. The number of aromatic nitrogens is 2. The normalized spacial score (nSPS) is 12.6. The minimum absolute atomic E-state index is 0.149. The van der Waals surface area contributed by atoms with E-state index in [0.717, 1.165) is 22.4 Å². The maximum absolute atomic E-state index is 13.2. The highest BCUT2D eigenvalue weighted by molar-refractivity contribution is 5.80. The Morgan fingerprint density at radius 1 is 0.854 bits per heavy atom. The van der Waals surface area contributed by atoms with E-state index in [1.165, 1.54) is 4.90 Å². The highest BCUT2D eigenvalue weighted by Crippen LogP contribution is 2.40. The molecule has 0 saturated carbocycles. The monoisotopic (exact) mass is 553 g/mol. The summed E-state index contributed by atoms with van der Waals surface area (Å²) in [5, 5.41) is 9.98. The zero-order valence-corrected chi connectivity index (χ0v) is 24.4. The van der Waals surface area contributed by atoms with E-state index in [-0.39, 0.29) is 12.5 Å². The Hall–Kier alpha value is -4.39. The third-order valence-corrected chi connectivity index (χ3v) is 7.06. The van der Waals surface area contributed by atoms with E-state index in [4.69, 9.17) is 9.72 Å². The standard InChI is InChI=1S/C34H39N3O4/c1-25(2)30(31(38)39)37(32(40)41-33(3,4)5)22-21-29-23-36(24-35-29)34(26-15-9-6-10-16-26,27-17-11-7-12-18-27)28-19-13-8-14-20-28/h6-20,23-25,30H,21-22H2,1-5H3,(H,38,39)/t30-/m0/s1. The molecule has 41 heavy (non-hydrogen) atoms. The van der Waals surface area contributed by atoms with E-state index in [1.807, 2.05) is 67.1 Å². The van der Waals surface area contributed by atoms with E-state index in [0.29, 0.717) is 6.42 Å². The molecule has 7 heteroatoms. The molecule has 0 unspecified atom stereocenters. The third kappa shape index (κ3) is 6.51. The zero-order valence-electron chi connectivity index (χ0n) is 24.4. The van der Waals surface area contributed by atoms with Crippen LogP contribution in [0.25, 0.3) is 0 Å². The van der Waals surface area contributed by atoms with Crippen molar-refractivity contribution in [3.63, 3.8) is 0 Å². The molecule has 7 nitrogen and oxygen atoms in total. The lowest BCUT2D eigenvalue weighted by Crippen LogP contribution is -2.50. The fraction of sp³-hybridized carbons (Fsp3) is 0.324. The molecule has 1 heterocycles. The molecule has 0 aliphatic rings. The molecule has 4 rings (SSSR count). The van der Waals surface area contributed by atoms with Gasteiger partial charge in [-0.1, -0.05) is 105 Å². The summed E-state index contributed by atoms with van der Waals surface area (Å²) in [4.78, 5) is 31.4. The number of rotatable bonds is 10. The van der Waals surface area contributed by atoms with Crippen LogP contribution in [0.2, 0.25) is 0 Å². The summed E-state index contributed by atoms with van der Waals surface area (Å²) in [7, 11) is 0. The summed E-state index contributed by atoms with van der Waals surface area (Å²) >= 11 is 0. The van der Waals surface area contributed by atoms with Crippen molar-refractivity contribution >= 4 is 12.1 Å². The van der Waals surface area contributed by atoms with Gasteiger partial charge in [0.2, 0.25) is 0 Å². The fourth-order valence-corrected chi connectivity index (χ4v) is 5.34. The average Bonchev–Trinajstić information content (AvgIpc) is 3.41. The van der Waals surface area contributed by atoms with Crippen LogP contribution in [0.3, 0.4) is 0 Å². The SMILES string of the molecule is CC(C)[C@@H](C(=O)O)N(CCc1cn(C(c2ccccc2)(c2ccccc2)c2ccccc2)cn1)C(=O)OC(C)(C)C. The average molecular weight is 554 g/mol. The van der Waals surface area contributed by atoms with Crippen LogP contribution in [0.15, 0.2) is 104 Å². The maximum Gasteiger partial charge on any atom is 0.411 e. The van der Waals surface area contributed by atoms with Gasteiger partial charge in [0, 0.05) is 19.2 Å². The molecule has 1 N–H and O–H groups in total. The van der Waals surface area contributed by atoms with Crippen LogP contribution in [-0.2, 0) is 21.5 Å². The topological polar surface area (TPSA) is 84.7 Å². The molecule has 214 valence electrons. The number of hydrogen-bond donors (Lipinski definition) is 1. The molecular weight excluding hydrogens is 514 g/mol. The number of carboxylic acids is 1. The van der Waals surface area contributed by atoms with Gasteiger partial charge in [0.05, 0.1) is 12.0 Å². The van der Waals surface area contributed by atoms with Crippen molar-refractivity contribution in [3.8, 4) is 0 Å². The molecule has 0 aliphatic carbocycles. The quantitative estimate of drug-likeness (QED) is 0.223. The smallest absolute Gasteiger partial charge is 0.411 e. The Morgan fingerprint density at radius 3 is 1.71 bits per heavy atom. The highest BCUT2D eigenvalue weighted by Gasteiger charge is 2.39. The van der Waals surface area contributed by atoms with Gasteiger partial charge in [-0.2, -0.15) is 0 Å². The molecule has 0 aliphatic heterocycles. The molecule has 4 aromatic rings. The number of benzene rings is 3. The zero-order chi connectivity index (χ0) is 29.6. The number of hydrogen-bond acceptors (Lipinski definition) is 4.